The fourth-order valence-corrected chi connectivity index (χ4v) is 1.95. The van der Waals surface area contributed by atoms with E-state index >= 15 is 0 Å². The Kier molecular flexibility index (Phi) is 4.27. The highest BCUT2D eigenvalue weighted by Crippen LogP contribution is 2.28. The minimum absolute atomic E-state index is 0.00386. The quantitative estimate of drug-likeness (QED) is 0.583. The highest BCUT2D eigenvalue weighted by atomic mass is 16.3. The summed E-state index contributed by atoms with van der Waals surface area (Å²) in [6.45, 7) is 3.18. The van der Waals surface area contributed by atoms with E-state index in [0.717, 1.165) is 18.4 Å². The van der Waals surface area contributed by atoms with E-state index in [-0.39, 0.29) is 29.4 Å². The van der Waals surface area contributed by atoms with E-state index in [1.807, 2.05) is 6.92 Å². The molecule has 1 atom stereocenters. The smallest absolute Gasteiger partial charge is 0.223 e. The van der Waals surface area contributed by atoms with Crippen LogP contribution in [0.15, 0.2) is 18.2 Å². The first-order valence-electron chi connectivity index (χ1n) is 6.60. The first-order valence-corrected chi connectivity index (χ1v) is 6.60. The van der Waals surface area contributed by atoms with Gasteiger partial charge in [-0.15, -0.1) is 0 Å². The van der Waals surface area contributed by atoms with Crippen molar-refractivity contribution >= 4 is 5.91 Å². The molecule has 0 spiro atoms. The van der Waals surface area contributed by atoms with Crippen LogP contribution >= 0.6 is 0 Å². The van der Waals surface area contributed by atoms with Crippen LogP contribution in [0.3, 0.4) is 0 Å². The second-order valence-corrected chi connectivity index (χ2v) is 5.02. The molecular weight excluding hydrogens is 244 g/mol. The van der Waals surface area contributed by atoms with Crippen LogP contribution in [0.5, 0.6) is 11.5 Å². The van der Waals surface area contributed by atoms with Crippen LogP contribution in [0.25, 0.3) is 0 Å². The minimum Gasteiger partial charge on any atom is -0.508 e. The molecule has 1 amide bonds. The summed E-state index contributed by atoms with van der Waals surface area (Å²) < 4.78 is 0. The van der Waals surface area contributed by atoms with Gasteiger partial charge < -0.3 is 20.8 Å². The van der Waals surface area contributed by atoms with Gasteiger partial charge in [-0.1, -0.05) is 0 Å². The molecule has 5 heteroatoms. The molecule has 0 radical (unpaired) electrons. The van der Waals surface area contributed by atoms with Gasteiger partial charge in [-0.05, 0) is 37.5 Å². The van der Waals surface area contributed by atoms with Gasteiger partial charge in [-0.25, -0.2) is 0 Å². The van der Waals surface area contributed by atoms with Crippen LogP contribution < -0.4 is 10.6 Å². The number of aromatic hydroxyl groups is 2. The van der Waals surface area contributed by atoms with Gasteiger partial charge in [0, 0.05) is 31.1 Å². The van der Waals surface area contributed by atoms with Gasteiger partial charge in [0.05, 0.1) is 0 Å². The van der Waals surface area contributed by atoms with Crippen LogP contribution in [0.2, 0.25) is 0 Å². The number of carbonyl (C=O) groups excluding carboxylic acids is 1. The van der Waals surface area contributed by atoms with Crippen molar-refractivity contribution in [3.63, 3.8) is 0 Å². The van der Waals surface area contributed by atoms with Crippen LogP contribution in [0.4, 0.5) is 0 Å². The standard InChI is InChI=1S/C14H20N2O3/c1-9(11-6-12(17)8-13(18)7-11)15-4-5-16-14(19)10-2-3-10/h6-10,15,17-18H,2-5H2,1H3,(H,16,19). The largest absolute Gasteiger partial charge is 0.508 e. The van der Waals surface area contributed by atoms with Gasteiger partial charge in [0.25, 0.3) is 0 Å². The molecule has 0 bridgehead atoms. The SMILES string of the molecule is CC(NCCNC(=O)C1CC1)c1cc(O)cc(O)c1. The number of hydrogen-bond acceptors (Lipinski definition) is 4. The highest BCUT2D eigenvalue weighted by Gasteiger charge is 2.28. The third-order valence-corrected chi connectivity index (χ3v) is 3.25. The molecule has 4 N–H and O–H groups in total. The van der Waals surface area contributed by atoms with Crippen LogP contribution in [0.1, 0.15) is 31.4 Å². The number of phenolic OH excluding ortho intramolecular Hbond substituents is 2. The van der Waals surface area contributed by atoms with Gasteiger partial charge in [0.1, 0.15) is 11.5 Å². The summed E-state index contributed by atoms with van der Waals surface area (Å²) in [7, 11) is 0. The second-order valence-electron chi connectivity index (χ2n) is 5.02. The maximum absolute atomic E-state index is 11.4. The molecule has 0 aromatic heterocycles. The van der Waals surface area contributed by atoms with Crippen molar-refractivity contribution < 1.29 is 15.0 Å². The number of carbonyl (C=O) groups is 1. The molecule has 1 unspecified atom stereocenters. The zero-order chi connectivity index (χ0) is 13.8. The zero-order valence-electron chi connectivity index (χ0n) is 11.0. The Morgan fingerprint density at radius 2 is 1.89 bits per heavy atom. The molecule has 1 aromatic carbocycles. The number of amides is 1. The molecule has 19 heavy (non-hydrogen) atoms. The average Bonchev–Trinajstić information content (AvgIpc) is 3.17. The minimum atomic E-state index is -0.00386. The van der Waals surface area contributed by atoms with E-state index in [9.17, 15) is 15.0 Å². The summed E-state index contributed by atoms with van der Waals surface area (Å²) in [6, 6.07) is 4.52. The van der Waals surface area contributed by atoms with E-state index in [0.29, 0.717) is 13.1 Å². The molecule has 1 aliphatic carbocycles. The molecule has 0 saturated heterocycles. The number of rotatable bonds is 6. The number of benzene rings is 1. The second kappa shape index (κ2) is 5.93. The summed E-state index contributed by atoms with van der Waals surface area (Å²) in [4.78, 5) is 11.4. The Labute approximate surface area is 112 Å². The predicted octanol–water partition coefficient (Wildman–Crippen LogP) is 1.27. The van der Waals surface area contributed by atoms with Crippen molar-refractivity contribution in [3.8, 4) is 11.5 Å². The fraction of sp³-hybridized carbons (Fsp3) is 0.500. The summed E-state index contributed by atoms with van der Waals surface area (Å²) >= 11 is 0. The third kappa shape index (κ3) is 4.13. The molecule has 1 aromatic rings. The van der Waals surface area contributed by atoms with Gasteiger partial charge in [-0.3, -0.25) is 4.79 Å². The molecule has 2 rings (SSSR count). The van der Waals surface area contributed by atoms with Gasteiger partial charge in [-0.2, -0.15) is 0 Å². The van der Waals surface area contributed by atoms with Gasteiger partial charge in [0.15, 0.2) is 0 Å². The molecule has 0 heterocycles. The Morgan fingerprint density at radius 1 is 1.26 bits per heavy atom. The molecule has 1 aliphatic rings. The lowest BCUT2D eigenvalue weighted by molar-refractivity contribution is -0.122. The van der Waals surface area contributed by atoms with Crippen LogP contribution in [-0.2, 0) is 4.79 Å². The summed E-state index contributed by atoms with van der Waals surface area (Å²) in [6.07, 6.45) is 2.02. The summed E-state index contributed by atoms with van der Waals surface area (Å²) in [5, 5.41) is 24.9. The van der Waals surface area contributed by atoms with E-state index in [1.165, 1.54) is 6.07 Å². The molecule has 0 aliphatic heterocycles. The average molecular weight is 264 g/mol. The van der Waals surface area contributed by atoms with E-state index in [2.05, 4.69) is 10.6 Å². The van der Waals surface area contributed by atoms with Crippen molar-refractivity contribution in [1.29, 1.82) is 0 Å². The van der Waals surface area contributed by atoms with E-state index < -0.39 is 0 Å². The topological polar surface area (TPSA) is 81.6 Å². The lowest BCUT2D eigenvalue weighted by Gasteiger charge is -2.15. The van der Waals surface area contributed by atoms with E-state index in [4.69, 9.17) is 0 Å². The third-order valence-electron chi connectivity index (χ3n) is 3.25. The first kappa shape index (κ1) is 13.7. The Morgan fingerprint density at radius 3 is 2.47 bits per heavy atom. The molecule has 5 nitrogen and oxygen atoms in total. The molecule has 104 valence electrons. The van der Waals surface area contributed by atoms with Gasteiger partial charge in [0.2, 0.25) is 5.91 Å². The lowest BCUT2D eigenvalue weighted by Crippen LogP contribution is -2.33. The molecule has 1 saturated carbocycles. The van der Waals surface area contributed by atoms with Crippen molar-refractivity contribution in [2.45, 2.75) is 25.8 Å². The normalized spacial score (nSPS) is 16.1. The maximum Gasteiger partial charge on any atom is 0.223 e. The van der Waals surface area contributed by atoms with Crippen molar-refractivity contribution in [1.82, 2.24) is 10.6 Å². The van der Waals surface area contributed by atoms with Crippen molar-refractivity contribution in [2.75, 3.05) is 13.1 Å². The lowest BCUT2D eigenvalue weighted by atomic mass is 10.1. The zero-order valence-corrected chi connectivity index (χ0v) is 11.0. The first-order chi connectivity index (χ1) is 9.06. The number of nitrogens with one attached hydrogen (secondary N) is 2. The van der Waals surface area contributed by atoms with E-state index in [1.54, 1.807) is 12.1 Å². The summed E-state index contributed by atoms with van der Waals surface area (Å²) in [5.41, 5.74) is 0.811. The predicted molar refractivity (Wildman–Crippen MR) is 71.9 cm³/mol. The number of phenols is 2. The highest BCUT2D eigenvalue weighted by molar-refractivity contribution is 5.80. The monoisotopic (exact) mass is 264 g/mol. The molecule has 1 fully saturated rings. The fourth-order valence-electron chi connectivity index (χ4n) is 1.95. The Hall–Kier alpha value is -1.75. The van der Waals surface area contributed by atoms with Crippen molar-refractivity contribution in [3.05, 3.63) is 23.8 Å². The van der Waals surface area contributed by atoms with Crippen molar-refractivity contribution in [2.24, 2.45) is 5.92 Å². The van der Waals surface area contributed by atoms with Crippen LogP contribution in [0, 0.1) is 5.92 Å². The van der Waals surface area contributed by atoms with Crippen LogP contribution in [-0.4, -0.2) is 29.2 Å². The maximum atomic E-state index is 11.4. The Bertz CT molecular complexity index is 438. The molecular formula is C14H20N2O3. The Balaban J connectivity index is 1.73. The van der Waals surface area contributed by atoms with Gasteiger partial charge >= 0.3 is 0 Å². The summed E-state index contributed by atoms with van der Waals surface area (Å²) in [5.74, 6) is 0.473. The number of hydrogen-bond donors (Lipinski definition) is 4.